The summed E-state index contributed by atoms with van der Waals surface area (Å²) < 4.78 is 10.4. The van der Waals surface area contributed by atoms with E-state index in [1.54, 1.807) is 12.1 Å². The average Bonchev–Trinajstić information content (AvgIpc) is 2.52. The maximum atomic E-state index is 11.7. The summed E-state index contributed by atoms with van der Waals surface area (Å²) in [6.07, 6.45) is 1.42. The van der Waals surface area contributed by atoms with Crippen molar-refractivity contribution >= 4 is 12.1 Å². The van der Waals surface area contributed by atoms with E-state index in [0.29, 0.717) is 17.1 Å². The van der Waals surface area contributed by atoms with Crippen LogP contribution in [-0.2, 0) is 4.79 Å². The summed E-state index contributed by atoms with van der Waals surface area (Å²) in [6.45, 7) is 3.80. The number of amides is 1. The van der Waals surface area contributed by atoms with Crippen molar-refractivity contribution in [1.29, 1.82) is 0 Å². The number of hydrazone groups is 1. The van der Waals surface area contributed by atoms with Gasteiger partial charge in [-0.3, -0.25) is 4.79 Å². The van der Waals surface area contributed by atoms with Crippen molar-refractivity contribution < 1.29 is 19.4 Å². The first-order valence-electron chi connectivity index (χ1n) is 7.38. The number of rotatable bonds is 6. The zero-order valence-corrected chi connectivity index (χ0v) is 13.9. The summed E-state index contributed by atoms with van der Waals surface area (Å²) in [5, 5.41) is 13.5. The van der Waals surface area contributed by atoms with E-state index >= 15 is 0 Å². The van der Waals surface area contributed by atoms with Crippen LogP contribution in [0.4, 0.5) is 0 Å². The predicted molar refractivity (Wildman–Crippen MR) is 91.8 cm³/mol. The first-order chi connectivity index (χ1) is 11.5. The smallest absolute Gasteiger partial charge is 0.277 e. The lowest BCUT2D eigenvalue weighted by molar-refractivity contribution is -0.123. The molecular formula is C18H20N2O4. The Morgan fingerprint density at radius 1 is 1.21 bits per heavy atom. The van der Waals surface area contributed by atoms with Crippen molar-refractivity contribution in [1.82, 2.24) is 5.43 Å². The lowest BCUT2D eigenvalue weighted by atomic mass is 10.1. The van der Waals surface area contributed by atoms with Gasteiger partial charge in [0.25, 0.3) is 5.91 Å². The molecule has 0 aliphatic carbocycles. The van der Waals surface area contributed by atoms with Gasteiger partial charge in [-0.15, -0.1) is 0 Å². The van der Waals surface area contributed by atoms with Gasteiger partial charge in [-0.2, -0.15) is 5.10 Å². The molecule has 0 aliphatic rings. The third-order valence-electron chi connectivity index (χ3n) is 3.17. The molecule has 24 heavy (non-hydrogen) atoms. The Morgan fingerprint density at radius 3 is 2.54 bits per heavy atom. The summed E-state index contributed by atoms with van der Waals surface area (Å²) in [4.78, 5) is 11.7. The number of aryl methyl sites for hydroxylation is 2. The fraction of sp³-hybridized carbons (Fsp3) is 0.222. The minimum Gasteiger partial charge on any atom is -0.504 e. The second kappa shape index (κ2) is 8.01. The number of nitrogens with zero attached hydrogens (tertiary/aromatic N) is 1. The van der Waals surface area contributed by atoms with Crippen LogP contribution in [0.25, 0.3) is 0 Å². The van der Waals surface area contributed by atoms with E-state index in [-0.39, 0.29) is 18.3 Å². The molecule has 2 aromatic rings. The minimum atomic E-state index is -0.372. The number of phenols is 1. The molecule has 0 spiro atoms. The van der Waals surface area contributed by atoms with E-state index in [4.69, 9.17) is 9.47 Å². The number of hydrogen-bond acceptors (Lipinski definition) is 5. The van der Waals surface area contributed by atoms with Crippen LogP contribution < -0.4 is 14.9 Å². The Labute approximate surface area is 140 Å². The topological polar surface area (TPSA) is 80.2 Å². The molecule has 0 fully saturated rings. The summed E-state index contributed by atoms with van der Waals surface area (Å²) >= 11 is 0. The van der Waals surface area contributed by atoms with Crippen LogP contribution in [0.2, 0.25) is 0 Å². The number of ether oxygens (including phenoxy) is 2. The third-order valence-corrected chi connectivity index (χ3v) is 3.17. The summed E-state index contributed by atoms with van der Waals surface area (Å²) in [5.41, 5.74) is 5.14. The van der Waals surface area contributed by atoms with E-state index in [0.717, 1.165) is 11.1 Å². The van der Waals surface area contributed by atoms with Crippen LogP contribution in [-0.4, -0.2) is 30.9 Å². The zero-order valence-electron chi connectivity index (χ0n) is 13.9. The molecule has 126 valence electrons. The van der Waals surface area contributed by atoms with Gasteiger partial charge in [-0.05, 0) is 60.9 Å². The maximum absolute atomic E-state index is 11.7. The number of methoxy groups -OCH3 is 1. The standard InChI is InChI=1S/C18H20N2O4/c1-12-6-13(2)8-15(7-12)24-11-18(22)20-19-10-14-4-5-17(23-3)16(21)9-14/h4-10,21H,11H2,1-3H3,(H,20,22). The highest BCUT2D eigenvalue weighted by Crippen LogP contribution is 2.25. The van der Waals surface area contributed by atoms with E-state index in [1.807, 2.05) is 32.0 Å². The monoisotopic (exact) mass is 328 g/mol. The van der Waals surface area contributed by atoms with Crippen molar-refractivity contribution in [3.05, 3.63) is 53.1 Å². The summed E-state index contributed by atoms with van der Waals surface area (Å²) in [6, 6.07) is 10.6. The molecule has 0 atom stereocenters. The molecule has 1 amide bonds. The fourth-order valence-electron chi connectivity index (χ4n) is 2.16. The Balaban J connectivity index is 1.85. The predicted octanol–water partition coefficient (Wildman–Crippen LogP) is 2.55. The number of hydrogen-bond donors (Lipinski definition) is 2. The average molecular weight is 328 g/mol. The quantitative estimate of drug-likeness (QED) is 0.631. The molecule has 0 unspecified atom stereocenters. The second-order valence-electron chi connectivity index (χ2n) is 5.34. The van der Waals surface area contributed by atoms with Gasteiger partial charge in [0.2, 0.25) is 0 Å². The van der Waals surface area contributed by atoms with Crippen molar-refractivity contribution in [3.63, 3.8) is 0 Å². The van der Waals surface area contributed by atoms with Gasteiger partial charge in [-0.25, -0.2) is 5.43 Å². The number of phenolic OH excluding ortho intramolecular Hbond substituents is 1. The van der Waals surface area contributed by atoms with E-state index < -0.39 is 0 Å². The van der Waals surface area contributed by atoms with Crippen LogP contribution >= 0.6 is 0 Å². The third kappa shape index (κ3) is 5.01. The summed E-state index contributed by atoms with van der Waals surface area (Å²) in [7, 11) is 1.47. The normalized spacial score (nSPS) is 10.6. The number of nitrogens with one attached hydrogen (secondary N) is 1. The molecule has 2 N–H and O–H groups in total. The first kappa shape index (κ1) is 17.3. The molecule has 2 aromatic carbocycles. The molecule has 0 aromatic heterocycles. The van der Waals surface area contributed by atoms with Crippen LogP contribution in [0.3, 0.4) is 0 Å². The van der Waals surface area contributed by atoms with E-state index in [2.05, 4.69) is 10.5 Å². The van der Waals surface area contributed by atoms with Crippen molar-refractivity contribution in [2.24, 2.45) is 5.10 Å². The van der Waals surface area contributed by atoms with Crippen LogP contribution in [0.15, 0.2) is 41.5 Å². The molecule has 0 saturated heterocycles. The molecule has 0 saturated carbocycles. The Bertz CT molecular complexity index is 736. The van der Waals surface area contributed by atoms with Gasteiger partial charge >= 0.3 is 0 Å². The number of carbonyl (C=O) groups is 1. The van der Waals surface area contributed by atoms with Gasteiger partial charge in [-0.1, -0.05) is 6.07 Å². The van der Waals surface area contributed by atoms with E-state index in [9.17, 15) is 9.90 Å². The Hall–Kier alpha value is -3.02. The molecule has 0 bridgehead atoms. The minimum absolute atomic E-state index is 0.00549. The lowest BCUT2D eigenvalue weighted by Gasteiger charge is -2.07. The number of aromatic hydroxyl groups is 1. The first-order valence-corrected chi connectivity index (χ1v) is 7.38. The van der Waals surface area contributed by atoms with Gasteiger partial charge in [0.15, 0.2) is 18.1 Å². The second-order valence-corrected chi connectivity index (χ2v) is 5.34. The van der Waals surface area contributed by atoms with E-state index in [1.165, 1.54) is 19.4 Å². The molecule has 0 aliphatic heterocycles. The summed E-state index contributed by atoms with van der Waals surface area (Å²) in [5.74, 6) is 0.652. The molecular weight excluding hydrogens is 308 g/mol. The molecule has 6 heteroatoms. The van der Waals surface area contributed by atoms with Crippen molar-refractivity contribution in [2.45, 2.75) is 13.8 Å². The van der Waals surface area contributed by atoms with Gasteiger partial charge in [0, 0.05) is 0 Å². The number of carbonyl (C=O) groups excluding carboxylic acids is 1. The SMILES string of the molecule is COc1ccc(C=NNC(=O)COc2cc(C)cc(C)c2)cc1O. The molecule has 0 heterocycles. The molecule has 0 radical (unpaired) electrons. The van der Waals surface area contributed by atoms with Crippen LogP contribution in [0, 0.1) is 13.8 Å². The zero-order chi connectivity index (χ0) is 17.5. The molecule has 2 rings (SSSR count). The van der Waals surface area contributed by atoms with Crippen LogP contribution in [0.1, 0.15) is 16.7 Å². The van der Waals surface area contributed by atoms with Gasteiger partial charge < -0.3 is 14.6 Å². The lowest BCUT2D eigenvalue weighted by Crippen LogP contribution is -2.24. The highest BCUT2D eigenvalue weighted by Gasteiger charge is 2.03. The number of benzene rings is 2. The van der Waals surface area contributed by atoms with Gasteiger partial charge in [0.05, 0.1) is 13.3 Å². The van der Waals surface area contributed by atoms with Gasteiger partial charge in [0.1, 0.15) is 5.75 Å². The van der Waals surface area contributed by atoms with Crippen LogP contribution in [0.5, 0.6) is 17.2 Å². The molecule has 6 nitrogen and oxygen atoms in total. The maximum Gasteiger partial charge on any atom is 0.277 e. The Kier molecular flexibility index (Phi) is 5.78. The largest absolute Gasteiger partial charge is 0.504 e. The van der Waals surface area contributed by atoms with Crippen molar-refractivity contribution in [3.8, 4) is 17.2 Å². The van der Waals surface area contributed by atoms with Crippen molar-refractivity contribution in [2.75, 3.05) is 13.7 Å². The fourth-order valence-corrected chi connectivity index (χ4v) is 2.16. The highest BCUT2D eigenvalue weighted by atomic mass is 16.5. The Morgan fingerprint density at radius 2 is 1.92 bits per heavy atom. The highest BCUT2D eigenvalue weighted by molar-refractivity contribution is 5.83.